The van der Waals surface area contributed by atoms with Crippen molar-refractivity contribution < 1.29 is 34.1 Å². The van der Waals surface area contributed by atoms with Crippen LogP contribution in [0.4, 0.5) is 0 Å². The number of likely N-dealkylation sites (tertiary alicyclic amines) is 1. The molecule has 11 nitrogen and oxygen atoms in total. The molecule has 44 heavy (non-hydrogen) atoms. The van der Waals surface area contributed by atoms with Crippen molar-refractivity contribution in [1.29, 1.82) is 0 Å². The number of hydrogen-bond donors (Lipinski definition) is 3. The Morgan fingerprint density at radius 1 is 1.11 bits per heavy atom. The quantitative estimate of drug-likeness (QED) is 0.228. The number of rotatable bonds is 10. The minimum absolute atomic E-state index is 0.0414. The molecule has 1 aliphatic heterocycles. The fourth-order valence-corrected chi connectivity index (χ4v) is 6.28. The molecule has 2 aliphatic rings. The number of carbonyl (C=O) groups excluding carboxylic acids is 2. The van der Waals surface area contributed by atoms with Crippen molar-refractivity contribution in [2.45, 2.75) is 36.6 Å². The van der Waals surface area contributed by atoms with Crippen LogP contribution in [-0.4, -0.2) is 74.2 Å². The fraction of sp³-hybridized carbons (Fsp3) is 0.281. The molecule has 2 fully saturated rings. The second-order valence-electron chi connectivity index (χ2n) is 10.8. The van der Waals surface area contributed by atoms with Crippen LogP contribution in [0.1, 0.15) is 24.5 Å². The summed E-state index contributed by atoms with van der Waals surface area (Å²) in [5, 5.41) is 25.5. The summed E-state index contributed by atoms with van der Waals surface area (Å²) in [6.45, 7) is 3.63. The summed E-state index contributed by atoms with van der Waals surface area (Å²) >= 11 is 1.47. The number of carbonyl (C=O) groups is 3. The molecule has 0 bridgehead atoms. The van der Waals surface area contributed by atoms with Gasteiger partial charge in [0, 0.05) is 12.3 Å². The Morgan fingerprint density at radius 2 is 1.84 bits per heavy atom. The number of carboxylic acids is 1. The summed E-state index contributed by atoms with van der Waals surface area (Å²) in [4.78, 5) is 51.1. The second-order valence-corrected chi connectivity index (χ2v) is 11.8. The molecule has 0 unspecified atom stereocenters. The summed E-state index contributed by atoms with van der Waals surface area (Å²) in [7, 11) is 1.51. The average Bonchev–Trinajstić information content (AvgIpc) is 3.34. The highest BCUT2D eigenvalue weighted by Gasteiger charge is 2.61. The van der Waals surface area contributed by atoms with Crippen LogP contribution >= 0.6 is 11.3 Å². The normalized spacial score (nSPS) is 23.1. The number of benzene rings is 2. The first-order chi connectivity index (χ1) is 21.2. The third kappa shape index (κ3) is 5.38. The van der Waals surface area contributed by atoms with Gasteiger partial charge in [0.2, 0.25) is 11.8 Å². The molecule has 3 heterocycles. The van der Waals surface area contributed by atoms with E-state index >= 15 is 0 Å². The van der Waals surface area contributed by atoms with Crippen LogP contribution in [0.15, 0.2) is 78.7 Å². The van der Waals surface area contributed by atoms with Gasteiger partial charge in [-0.25, -0.2) is 14.8 Å². The van der Waals surface area contributed by atoms with Crippen molar-refractivity contribution in [2.24, 2.45) is 5.92 Å². The number of carboxylic acid groups (broad SMARTS) is 1. The molecule has 2 aromatic heterocycles. The number of fused-ring (bicyclic) bond motifs is 1. The van der Waals surface area contributed by atoms with E-state index in [1.54, 1.807) is 24.3 Å². The molecule has 6 rings (SSSR count). The average molecular weight is 615 g/mol. The molecule has 2 aromatic carbocycles. The van der Waals surface area contributed by atoms with E-state index in [-0.39, 0.29) is 25.3 Å². The molecule has 0 radical (unpaired) electrons. The van der Waals surface area contributed by atoms with Crippen LogP contribution < -0.4 is 14.8 Å². The molecule has 1 aliphatic carbocycles. The van der Waals surface area contributed by atoms with Crippen molar-refractivity contribution in [3.8, 4) is 22.2 Å². The van der Waals surface area contributed by atoms with Crippen LogP contribution in [0.2, 0.25) is 0 Å². The number of aliphatic carboxylic acids is 1. The third-order valence-corrected chi connectivity index (χ3v) is 8.99. The number of nitrogens with one attached hydrogen (secondary N) is 1. The molecule has 1 saturated heterocycles. The Labute approximate surface area is 256 Å². The van der Waals surface area contributed by atoms with Crippen molar-refractivity contribution in [2.75, 3.05) is 13.7 Å². The molecule has 226 valence electrons. The molecule has 2 amide bonds. The Kier molecular flexibility index (Phi) is 7.78. The lowest BCUT2D eigenvalue weighted by molar-refractivity contribution is -0.148. The Morgan fingerprint density at radius 3 is 2.45 bits per heavy atom. The van der Waals surface area contributed by atoms with Crippen LogP contribution in [0, 0.1) is 5.92 Å². The van der Waals surface area contributed by atoms with E-state index in [1.165, 1.54) is 29.4 Å². The minimum Gasteiger partial charge on any atom is -0.497 e. The van der Waals surface area contributed by atoms with Crippen molar-refractivity contribution in [3.05, 3.63) is 84.3 Å². The predicted octanol–water partition coefficient (Wildman–Crippen LogP) is 3.59. The first-order valence-corrected chi connectivity index (χ1v) is 14.9. The highest BCUT2D eigenvalue weighted by atomic mass is 32.1. The summed E-state index contributed by atoms with van der Waals surface area (Å²) in [6, 6.07) is 16.4. The van der Waals surface area contributed by atoms with Gasteiger partial charge < -0.3 is 29.9 Å². The van der Waals surface area contributed by atoms with Gasteiger partial charge in [-0.1, -0.05) is 36.4 Å². The second kappa shape index (κ2) is 11.7. The van der Waals surface area contributed by atoms with Crippen molar-refractivity contribution in [1.82, 2.24) is 20.2 Å². The van der Waals surface area contributed by atoms with Gasteiger partial charge >= 0.3 is 5.97 Å². The number of aliphatic hydroxyl groups is 1. The number of ether oxygens (including phenoxy) is 2. The standard InChI is InChI=1S/C32H30N4O7S/c1-3-19-16-32(19,31(40)41)35-28(38)24-15-21(17-36(24)30(39)27(37)18-10-12-20(42-2)13-11-18)43-29-26(25-9-6-14-44-25)33-22-7-4-5-8-23(22)34-29/h3-14,19,21,24,27,37H,1,15-17H2,2H3,(H,35,38)(H,40,41)/t19-,21-,24+,27+,32-/m1/s1. The topological polar surface area (TPSA) is 151 Å². The number of hydrogen-bond acceptors (Lipinski definition) is 9. The van der Waals surface area contributed by atoms with E-state index in [9.17, 15) is 24.6 Å². The van der Waals surface area contributed by atoms with E-state index < -0.39 is 47.5 Å². The molecular weight excluding hydrogens is 584 g/mol. The van der Waals surface area contributed by atoms with Gasteiger partial charge in [-0.15, -0.1) is 17.9 Å². The van der Waals surface area contributed by atoms with Crippen LogP contribution in [0.5, 0.6) is 11.6 Å². The van der Waals surface area contributed by atoms with Gasteiger partial charge in [-0.05, 0) is 47.7 Å². The van der Waals surface area contributed by atoms with E-state index in [1.807, 2.05) is 41.8 Å². The summed E-state index contributed by atoms with van der Waals surface area (Å²) in [5.41, 5.74) is 0.657. The number of para-hydroxylation sites is 2. The number of thiophene rings is 1. The number of amides is 2. The van der Waals surface area contributed by atoms with Gasteiger partial charge in [0.1, 0.15) is 29.1 Å². The van der Waals surface area contributed by atoms with Crippen molar-refractivity contribution in [3.63, 3.8) is 0 Å². The molecule has 0 spiro atoms. The smallest absolute Gasteiger partial charge is 0.330 e. The number of nitrogens with zero attached hydrogens (tertiary/aromatic N) is 3. The summed E-state index contributed by atoms with van der Waals surface area (Å²) in [5.74, 6) is -2.18. The zero-order valence-corrected chi connectivity index (χ0v) is 24.6. The molecule has 5 atom stereocenters. The number of aromatic nitrogens is 2. The molecule has 4 aromatic rings. The van der Waals surface area contributed by atoms with Gasteiger partial charge in [0.25, 0.3) is 5.91 Å². The summed E-state index contributed by atoms with van der Waals surface area (Å²) in [6.07, 6.45) is -0.548. The highest BCUT2D eigenvalue weighted by molar-refractivity contribution is 7.13. The first kappa shape index (κ1) is 29.3. The maximum absolute atomic E-state index is 13.7. The van der Waals surface area contributed by atoms with Gasteiger partial charge in [0.15, 0.2) is 6.10 Å². The molecular formula is C32H30N4O7S. The number of methoxy groups -OCH3 is 1. The van der Waals surface area contributed by atoms with Crippen LogP contribution in [-0.2, 0) is 14.4 Å². The van der Waals surface area contributed by atoms with E-state index in [0.717, 1.165) is 4.88 Å². The maximum Gasteiger partial charge on any atom is 0.330 e. The zero-order chi connectivity index (χ0) is 31.0. The van der Waals surface area contributed by atoms with Crippen LogP contribution in [0.3, 0.4) is 0 Å². The van der Waals surface area contributed by atoms with E-state index in [0.29, 0.717) is 28.0 Å². The maximum atomic E-state index is 13.7. The van der Waals surface area contributed by atoms with Crippen molar-refractivity contribution >= 4 is 40.2 Å². The van der Waals surface area contributed by atoms with Crippen LogP contribution in [0.25, 0.3) is 21.6 Å². The highest BCUT2D eigenvalue weighted by Crippen LogP contribution is 2.45. The van der Waals surface area contributed by atoms with Gasteiger partial charge in [-0.3, -0.25) is 9.59 Å². The third-order valence-electron chi connectivity index (χ3n) is 8.11. The van der Waals surface area contributed by atoms with E-state index in [2.05, 4.69) is 11.9 Å². The zero-order valence-electron chi connectivity index (χ0n) is 23.8. The lowest BCUT2D eigenvalue weighted by atomic mass is 10.1. The minimum atomic E-state index is -1.58. The Bertz CT molecular complexity index is 1730. The Balaban J connectivity index is 1.31. The molecule has 3 N–H and O–H groups in total. The largest absolute Gasteiger partial charge is 0.497 e. The monoisotopic (exact) mass is 614 g/mol. The molecule has 1 saturated carbocycles. The first-order valence-electron chi connectivity index (χ1n) is 14.0. The van der Waals surface area contributed by atoms with Gasteiger partial charge in [0.05, 0.1) is 29.6 Å². The summed E-state index contributed by atoms with van der Waals surface area (Å²) < 4.78 is 11.5. The fourth-order valence-electron chi connectivity index (χ4n) is 5.58. The van der Waals surface area contributed by atoms with E-state index in [4.69, 9.17) is 19.4 Å². The van der Waals surface area contributed by atoms with Gasteiger partial charge in [-0.2, -0.15) is 0 Å². The Hall–Kier alpha value is -4.81. The predicted molar refractivity (Wildman–Crippen MR) is 162 cm³/mol. The lowest BCUT2D eigenvalue weighted by Crippen LogP contribution is -2.53. The lowest BCUT2D eigenvalue weighted by Gasteiger charge is -2.27. The number of aliphatic hydroxyl groups excluding tert-OH is 1. The molecule has 12 heteroatoms. The SMILES string of the molecule is C=C[C@@H]1C[C@]1(NC(=O)[C@@H]1C[C@@H](Oc2nc3ccccc3nc2-c2cccs2)CN1C(=O)[C@@H](O)c1ccc(OC)cc1)C(=O)O.